The fourth-order valence-electron chi connectivity index (χ4n) is 3.13. The van der Waals surface area contributed by atoms with E-state index in [1.165, 1.54) is 0 Å². The molecule has 1 radical (unpaired) electrons. The normalized spacial score (nSPS) is 34.9. The molecule has 2 heterocycles. The molecule has 3 unspecified atom stereocenters. The summed E-state index contributed by atoms with van der Waals surface area (Å²) in [6.45, 7) is 9.28. The summed E-state index contributed by atoms with van der Waals surface area (Å²) in [6.07, 6.45) is -6.99. The van der Waals surface area contributed by atoms with Gasteiger partial charge in [-0.15, -0.1) is 10.3 Å². The molecule has 2 aliphatic rings. The summed E-state index contributed by atoms with van der Waals surface area (Å²) in [5.74, 6) is -0.841. The van der Waals surface area contributed by atoms with Crippen LogP contribution in [0.25, 0.3) is 0 Å². The zero-order valence-corrected chi connectivity index (χ0v) is 16.9. The summed E-state index contributed by atoms with van der Waals surface area (Å²) >= 11 is 0. The van der Waals surface area contributed by atoms with Gasteiger partial charge in [0.1, 0.15) is 18.3 Å². The second kappa shape index (κ2) is 7.82. The van der Waals surface area contributed by atoms with Gasteiger partial charge in [-0.05, 0) is 41.5 Å². The van der Waals surface area contributed by atoms with Crippen LogP contribution in [0.2, 0.25) is 0 Å². The fourth-order valence-corrected chi connectivity index (χ4v) is 3.13. The number of hydroxylamine groups is 2. The lowest BCUT2D eigenvalue weighted by atomic mass is 10.0. The summed E-state index contributed by atoms with van der Waals surface area (Å²) in [4.78, 5) is 26.1. The molecule has 0 aromatic carbocycles. The van der Waals surface area contributed by atoms with Crippen molar-refractivity contribution >= 4 is 11.9 Å². The molecule has 6 atom stereocenters. The number of ether oxygens (including phenoxy) is 2. The molecule has 0 saturated carbocycles. The first-order chi connectivity index (χ1) is 12.7. The van der Waals surface area contributed by atoms with Gasteiger partial charge in [0.05, 0.1) is 12.2 Å². The summed E-state index contributed by atoms with van der Waals surface area (Å²) in [5.41, 5.74) is -1.85. The number of imide groups is 1. The molecule has 28 heavy (non-hydrogen) atoms. The van der Waals surface area contributed by atoms with Crippen LogP contribution in [0, 0.1) is 0 Å². The maximum Gasteiger partial charge on any atom is 0.328 e. The van der Waals surface area contributed by atoms with Crippen molar-refractivity contribution in [3.8, 4) is 0 Å². The summed E-state index contributed by atoms with van der Waals surface area (Å²) in [5, 5.41) is 45.2. The average molecular weight is 404 g/mol. The van der Waals surface area contributed by atoms with Crippen molar-refractivity contribution in [2.45, 2.75) is 89.5 Å². The highest BCUT2D eigenvalue weighted by Gasteiger charge is 2.56. The Morgan fingerprint density at radius 1 is 1.14 bits per heavy atom. The van der Waals surface area contributed by atoms with Crippen molar-refractivity contribution in [1.29, 1.82) is 0 Å². The number of hydrogen-bond acceptors (Lipinski definition) is 8. The molecule has 0 aromatic heterocycles. The zero-order valence-electron chi connectivity index (χ0n) is 16.9. The van der Waals surface area contributed by atoms with Crippen molar-refractivity contribution in [3.63, 3.8) is 0 Å². The second-order valence-corrected chi connectivity index (χ2v) is 8.99. The standard InChI is InChI=1S/C17H30N3O8/c1-16(2,3)20(26)9-12(24)18-15(25)19(13(9)28-17(4,5)6)14-11(23)10(22)8(7-21)27-14/h8-11,13-14,21-23H,7H2,1-6H3,(H,18,24,25)/t8-,9?,10-,11-,13?,14?/m1/s1. The molecule has 11 nitrogen and oxygen atoms in total. The van der Waals surface area contributed by atoms with E-state index < -0.39 is 66.5 Å². The van der Waals surface area contributed by atoms with Crippen molar-refractivity contribution in [2.75, 3.05) is 6.61 Å². The summed E-state index contributed by atoms with van der Waals surface area (Å²) in [6, 6.07) is -2.38. The van der Waals surface area contributed by atoms with Crippen molar-refractivity contribution in [1.82, 2.24) is 15.3 Å². The zero-order chi connectivity index (χ0) is 21.6. The average Bonchev–Trinajstić information content (AvgIpc) is 2.80. The van der Waals surface area contributed by atoms with Gasteiger partial charge in [-0.25, -0.2) is 4.79 Å². The molecule has 3 amide bonds. The smallest absolute Gasteiger partial charge is 0.328 e. The van der Waals surface area contributed by atoms with E-state index >= 15 is 0 Å². The maximum atomic E-state index is 12.9. The fraction of sp³-hybridized carbons (Fsp3) is 0.882. The van der Waals surface area contributed by atoms with Crippen LogP contribution < -0.4 is 5.32 Å². The highest BCUT2D eigenvalue weighted by Crippen LogP contribution is 2.32. The van der Waals surface area contributed by atoms with Gasteiger partial charge in [-0.1, -0.05) is 0 Å². The molecule has 11 heteroatoms. The Morgan fingerprint density at radius 3 is 2.14 bits per heavy atom. The van der Waals surface area contributed by atoms with Gasteiger partial charge in [0.25, 0.3) is 5.91 Å². The lowest BCUT2D eigenvalue weighted by Gasteiger charge is -2.48. The quantitative estimate of drug-likeness (QED) is 0.433. The topological polar surface area (TPSA) is 152 Å². The number of urea groups is 1. The van der Waals surface area contributed by atoms with Crippen LogP contribution in [0.3, 0.4) is 0 Å². The Morgan fingerprint density at radius 2 is 1.71 bits per heavy atom. The van der Waals surface area contributed by atoms with Gasteiger partial charge in [0.2, 0.25) is 0 Å². The van der Waals surface area contributed by atoms with Gasteiger partial charge in [0, 0.05) is 5.54 Å². The Balaban J connectivity index is 2.48. The summed E-state index contributed by atoms with van der Waals surface area (Å²) in [7, 11) is 0. The Kier molecular flexibility index (Phi) is 6.41. The van der Waals surface area contributed by atoms with E-state index in [0.29, 0.717) is 5.06 Å². The Hall–Kier alpha value is -1.34. The van der Waals surface area contributed by atoms with Crippen LogP contribution in [-0.4, -0.2) is 91.8 Å². The van der Waals surface area contributed by atoms with Crippen molar-refractivity contribution in [3.05, 3.63) is 0 Å². The first-order valence-electron chi connectivity index (χ1n) is 9.09. The number of amides is 3. The number of carbonyl (C=O) groups is 2. The Bertz CT molecular complexity index is 602. The minimum atomic E-state index is -1.57. The number of nitrogens with zero attached hydrogens (tertiary/aromatic N) is 2. The SMILES string of the molecule is CC(C)(C)OC1C(N([O])C(C)(C)C)C(=O)NC(=O)N1C1O[C@H](CO)[C@@H](O)[C@H]1O. The molecule has 2 fully saturated rings. The van der Waals surface area contributed by atoms with Gasteiger partial charge in [-0.2, -0.15) is 0 Å². The van der Waals surface area contributed by atoms with E-state index in [-0.39, 0.29) is 0 Å². The van der Waals surface area contributed by atoms with E-state index in [1.807, 2.05) is 0 Å². The van der Waals surface area contributed by atoms with Crippen LogP contribution in [0.5, 0.6) is 0 Å². The van der Waals surface area contributed by atoms with Gasteiger partial charge >= 0.3 is 6.03 Å². The second-order valence-electron chi connectivity index (χ2n) is 8.99. The van der Waals surface area contributed by atoms with Gasteiger partial charge < -0.3 is 24.8 Å². The van der Waals surface area contributed by atoms with E-state index in [1.54, 1.807) is 41.5 Å². The highest BCUT2D eigenvalue weighted by molar-refractivity contribution is 6.00. The molecule has 2 rings (SSSR count). The van der Waals surface area contributed by atoms with Crippen LogP contribution in [-0.2, 0) is 19.5 Å². The van der Waals surface area contributed by atoms with Crippen molar-refractivity contribution < 1.29 is 39.6 Å². The molecular formula is C17H30N3O8. The predicted octanol–water partition coefficient (Wildman–Crippen LogP) is -1.07. The predicted molar refractivity (Wildman–Crippen MR) is 93.8 cm³/mol. The van der Waals surface area contributed by atoms with E-state index in [0.717, 1.165) is 4.90 Å². The maximum absolute atomic E-state index is 12.9. The molecule has 4 N–H and O–H groups in total. The number of hydrogen-bond donors (Lipinski definition) is 4. The molecule has 0 bridgehead atoms. The molecule has 2 aliphatic heterocycles. The third kappa shape index (κ3) is 4.46. The number of aliphatic hydroxyl groups excluding tert-OH is 3. The van der Waals surface area contributed by atoms with Crippen LogP contribution >= 0.6 is 0 Å². The monoisotopic (exact) mass is 404 g/mol. The first-order valence-corrected chi connectivity index (χ1v) is 9.09. The molecule has 0 aromatic rings. The molecule has 161 valence electrons. The number of carbonyl (C=O) groups excluding carboxylic acids is 2. The lowest BCUT2D eigenvalue weighted by molar-refractivity contribution is -0.288. The minimum absolute atomic E-state index is 0.527. The van der Waals surface area contributed by atoms with Gasteiger partial charge in [-0.3, -0.25) is 15.0 Å². The Labute approximate surface area is 163 Å². The van der Waals surface area contributed by atoms with Crippen molar-refractivity contribution in [2.24, 2.45) is 0 Å². The minimum Gasteiger partial charge on any atom is -0.394 e. The van der Waals surface area contributed by atoms with Crippen LogP contribution in [0.15, 0.2) is 0 Å². The van der Waals surface area contributed by atoms with E-state index in [9.17, 15) is 30.1 Å². The molecule has 0 spiro atoms. The molecular weight excluding hydrogens is 374 g/mol. The molecule has 2 saturated heterocycles. The van der Waals surface area contributed by atoms with Crippen LogP contribution in [0.1, 0.15) is 41.5 Å². The van der Waals surface area contributed by atoms with Crippen LogP contribution in [0.4, 0.5) is 4.79 Å². The van der Waals surface area contributed by atoms with E-state index in [2.05, 4.69) is 5.32 Å². The third-order valence-corrected chi connectivity index (χ3v) is 4.46. The third-order valence-electron chi connectivity index (χ3n) is 4.46. The first kappa shape index (κ1) is 22.9. The lowest BCUT2D eigenvalue weighted by Crippen LogP contribution is -2.73. The number of nitrogens with one attached hydrogen (secondary N) is 1. The van der Waals surface area contributed by atoms with Gasteiger partial charge in [0.15, 0.2) is 18.5 Å². The number of aliphatic hydroxyl groups is 3. The highest BCUT2D eigenvalue weighted by atomic mass is 16.6. The van der Waals surface area contributed by atoms with E-state index in [4.69, 9.17) is 9.47 Å². The summed E-state index contributed by atoms with van der Waals surface area (Å²) < 4.78 is 11.3. The molecule has 0 aliphatic carbocycles. The largest absolute Gasteiger partial charge is 0.394 e. The number of rotatable bonds is 4.